The van der Waals surface area contributed by atoms with Gasteiger partial charge in [0.25, 0.3) is 0 Å². The highest BCUT2D eigenvalue weighted by Gasteiger charge is 2.19. The normalized spacial score (nSPS) is 17.1. The molecule has 0 saturated heterocycles. The van der Waals surface area contributed by atoms with Crippen molar-refractivity contribution in [2.24, 2.45) is 5.92 Å². The summed E-state index contributed by atoms with van der Waals surface area (Å²) in [6, 6.07) is 0. The molecule has 1 rings (SSSR count). The molecule has 0 spiro atoms. The SMILES string of the molecule is C=CCOCCCC(C)=CCC1CC1. The number of allylic oxidation sites excluding steroid dienone is 2. The summed E-state index contributed by atoms with van der Waals surface area (Å²) in [5.41, 5.74) is 1.53. The van der Waals surface area contributed by atoms with E-state index in [2.05, 4.69) is 19.6 Å². The molecule has 0 radical (unpaired) electrons. The van der Waals surface area contributed by atoms with Crippen molar-refractivity contribution >= 4 is 0 Å². The Bertz CT molecular complexity index is 189. The molecule has 0 aromatic carbocycles. The first-order valence-corrected chi connectivity index (χ1v) is 5.67. The first-order valence-electron chi connectivity index (χ1n) is 5.67. The monoisotopic (exact) mass is 194 g/mol. The van der Waals surface area contributed by atoms with Crippen LogP contribution in [0.25, 0.3) is 0 Å². The molecule has 0 bridgehead atoms. The maximum atomic E-state index is 5.33. The molecule has 0 aliphatic heterocycles. The van der Waals surface area contributed by atoms with E-state index in [4.69, 9.17) is 4.74 Å². The highest BCUT2D eigenvalue weighted by Crippen LogP contribution is 2.33. The van der Waals surface area contributed by atoms with Gasteiger partial charge in [0.1, 0.15) is 0 Å². The number of rotatable bonds is 8. The minimum Gasteiger partial charge on any atom is -0.377 e. The van der Waals surface area contributed by atoms with Crippen molar-refractivity contribution in [2.45, 2.75) is 39.0 Å². The van der Waals surface area contributed by atoms with Crippen LogP contribution in [0.15, 0.2) is 24.3 Å². The smallest absolute Gasteiger partial charge is 0.0644 e. The molecule has 0 aromatic rings. The van der Waals surface area contributed by atoms with Crippen molar-refractivity contribution in [2.75, 3.05) is 13.2 Å². The zero-order valence-electron chi connectivity index (χ0n) is 9.30. The minimum atomic E-state index is 0.685. The quantitative estimate of drug-likeness (QED) is 0.423. The summed E-state index contributed by atoms with van der Waals surface area (Å²) in [7, 11) is 0. The molecule has 1 heteroatoms. The van der Waals surface area contributed by atoms with Gasteiger partial charge >= 0.3 is 0 Å². The van der Waals surface area contributed by atoms with E-state index in [1.54, 1.807) is 6.08 Å². The highest BCUT2D eigenvalue weighted by atomic mass is 16.5. The van der Waals surface area contributed by atoms with Crippen LogP contribution in [-0.4, -0.2) is 13.2 Å². The first kappa shape index (κ1) is 11.5. The van der Waals surface area contributed by atoms with Gasteiger partial charge in [-0.1, -0.05) is 17.7 Å². The zero-order valence-corrected chi connectivity index (χ0v) is 9.30. The van der Waals surface area contributed by atoms with Gasteiger partial charge in [0.2, 0.25) is 0 Å². The van der Waals surface area contributed by atoms with E-state index in [0.29, 0.717) is 6.61 Å². The Morgan fingerprint density at radius 3 is 2.93 bits per heavy atom. The molecular weight excluding hydrogens is 172 g/mol. The lowest BCUT2D eigenvalue weighted by Gasteiger charge is -2.02. The van der Waals surface area contributed by atoms with E-state index in [-0.39, 0.29) is 0 Å². The summed E-state index contributed by atoms with van der Waals surface area (Å²) in [6.45, 7) is 7.39. The number of hydrogen-bond acceptors (Lipinski definition) is 1. The lowest BCUT2D eigenvalue weighted by molar-refractivity contribution is 0.160. The fourth-order valence-electron chi connectivity index (χ4n) is 1.44. The zero-order chi connectivity index (χ0) is 10.2. The summed E-state index contributed by atoms with van der Waals surface area (Å²) in [5.74, 6) is 1.02. The van der Waals surface area contributed by atoms with E-state index < -0.39 is 0 Å². The van der Waals surface area contributed by atoms with Crippen LogP contribution < -0.4 is 0 Å². The van der Waals surface area contributed by atoms with Crippen LogP contribution in [-0.2, 0) is 4.74 Å². The lowest BCUT2D eigenvalue weighted by Crippen LogP contribution is -1.94. The second-order valence-electron chi connectivity index (χ2n) is 4.20. The molecule has 80 valence electrons. The number of hydrogen-bond donors (Lipinski definition) is 0. The summed E-state index contributed by atoms with van der Waals surface area (Å²) >= 11 is 0. The Morgan fingerprint density at radius 2 is 2.29 bits per heavy atom. The molecule has 1 aliphatic rings. The Hall–Kier alpha value is -0.560. The summed E-state index contributed by atoms with van der Waals surface area (Å²) < 4.78 is 5.33. The van der Waals surface area contributed by atoms with Crippen LogP contribution in [0.2, 0.25) is 0 Å². The Kier molecular flexibility index (Phi) is 5.62. The third kappa shape index (κ3) is 5.98. The van der Waals surface area contributed by atoms with Gasteiger partial charge in [0, 0.05) is 6.61 Å². The topological polar surface area (TPSA) is 9.23 Å². The second-order valence-corrected chi connectivity index (χ2v) is 4.20. The average Bonchev–Trinajstić information content (AvgIpc) is 2.98. The van der Waals surface area contributed by atoms with Crippen molar-refractivity contribution in [3.63, 3.8) is 0 Å². The van der Waals surface area contributed by atoms with Gasteiger partial charge in [-0.25, -0.2) is 0 Å². The molecule has 0 amide bonds. The predicted molar refractivity (Wildman–Crippen MR) is 61.3 cm³/mol. The molecule has 0 aromatic heterocycles. The second kappa shape index (κ2) is 6.83. The van der Waals surface area contributed by atoms with Crippen LogP contribution in [0.4, 0.5) is 0 Å². The van der Waals surface area contributed by atoms with E-state index in [0.717, 1.165) is 18.9 Å². The molecule has 0 atom stereocenters. The molecule has 0 N–H and O–H groups in total. The molecular formula is C13H22O. The van der Waals surface area contributed by atoms with Crippen molar-refractivity contribution in [3.8, 4) is 0 Å². The van der Waals surface area contributed by atoms with Gasteiger partial charge in [0.05, 0.1) is 6.61 Å². The highest BCUT2D eigenvalue weighted by molar-refractivity contribution is 5.00. The lowest BCUT2D eigenvalue weighted by atomic mass is 10.1. The van der Waals surface area contributed by atoms with Crippen molar-refractivity contribution in [1.82, 2.24) is 0 Å². The summed E-state index contributed by atoms with van der Waals surface area (Å²) in [4.78, 5) is 0. The standard InChI is InChI=1S/C13H22O/c1-3-10-14-11-4-5-12(2)6-7-13-8-9-13/h3,6,13H,1,4-5,7-11H2,2H3. The fraction of sp³-hybridized carbons (Fsp3) is 0.692. The third-order valence-corrected chi connectivity index (χ3v) is 2.59. The summed E-state index contributed by atoms with van der Waals surface area (Å²) in [6.07, 6.45) is 10.7. The molecule has 14 heavy (non-hydrogen) atoms. The van der Waals surface area contributed by atoms with Gasteiger partial charge in [-0.15, -0.1) is 6.58 Å². The largest absolute Gasteiger partial charge is 0.377 e. The third-order valence-electron chi connectivity index (χ3n) is 2.59. The predicted octanol–water partition coefficient (Wildman–Crippen LogP) is 3.72. The summed E-state index contributed by atoms with van der Waals surface area (Å²) in [5, 5.41) is 0. The minimum absolute atomic E-state index is 0.685. The van der Waals surface area contributed by atoms with E-state index in [1.807, 2.05) is 0 Å². The first-order chi connectivity index (χ1) is 6.83. The number of ether oxygens (including phenoxy) is 1. The average molecular weight is 194 g/mol. The maximum absolute atomic E-state index is 5.33. The Labute approximate surface area is 87.8 Å². The van der Waals surface area contributed by atoms with Crippen molar-refractivity contribution < 1.29 is 4.74 Å². The maximum Gasteiger partial charge on any atom is 0.0644 e. The van der Waals surface area contributed by atoms with Crippen LogP contribution in [0.1, 0.15) is 39.0 Å². The van der Waals surface area contributed by atoms with Crippen LogP contribution in [0, 0.1) is 5.92 Å². The molecule has 0 heterocycles. The van der Waals surface area contributed by atoms with E-state index in [1.165, 1.54) is 31.3 Å². The molecule has 1 saturated carbocycles. The fourth-order valence-corrected chi connectivity index (χ4v) is 1.44. The van der Waals surface area contributed by atoms with Gasteiger partial charge < -0.3 is 4.74 Å². The van der Waals surface area contributed by atoms with E-state index >= 15 is 0 Å². The van der Waals surface area contributed by atoms with Crippen molar-refractivity contribution in [1.29, 1.82) is 0 Å². The van der Waals surface area contributed by atoms with Crippen LogP contribution >= 0.6 is 0 Å². The van der Waals surface area contributed by atoms with Gasteiger partial charge in [-0.3, -0.25) is 0 Å². The van der Waals surface area contributed by atoms with Gasteiger partial charge in [0.15, 0.2) is 0 Å². The van der Waals surface area contributed by atoms with Gasteiger partial charge in [-0.05, 0) is 44.9 Å². The van der Waals surface area contributed by atoms with Gasteiger partial charge in [-0.2, -0.15) is 0 Å². The molecule has 1 fully saturated rings. The Balaban J connectivity index is 1.93. The van der Waals surface area contributed by atoms with E-state index in [9.17, 15) is 0 Å². The molecule has 0 unspecified atom stereocenters. The van der Waals surface area contributed by atoms with Crippen molar-refractivity contribution in [3.05, 3.63) is 24.3 Å². The molecule has 1 aliphatic carbocycles. The van der Waals surface area contributed by atoms with Crippen LogP contribution in [0.3, 0.4) is 0 Å². The van der Waals surface area contributed by atoms with Crippen LogP contribution in [0.5, 0.6) is 0 Å². The molecule has 1 nitrogen and oxygen atoms in total. The Morgan fingerprint density at radius 1 is 1.50 bits per heavy atom.